The van der Waals surface area contributed by atoms with Gasteiger partial charge in [-0.05, 0) is 37.5 Å². The second-order valence-electron chi connectivity index (χ2n) is 6.09. The van der Waals surface area contributed by atoms with E-state index in [2.05, 4.69) is 4.72 Å². The van der Waals surface area contributed by atoms with Gasteiger partial charge in [-0.1, -0.05) is 6.42 Å². The molecule has 1 saturated heterocycles. The molecular weight excluding hydrogens is 376 g/mol. The normalized spacial score (nSPS) is 16.6. The zero-order chi connectivity index (χ0) is 19.4. The maximum atomic E-state index is 13.7. The molecule has 0 radical (unpaired) electrons. The molecule has 10 heteroatoms. The van der Waals surface area contributed by atoms with Gasteiger partial charge in [-0.2, -0.15) is 13.2 Å². The molecule has 5 nitrogen and oxygen atoms in total. The summed E-state index contributed by atoms with van der Waals surface area (Å²) in [7, 11) is -4.43. The van der Waals surface area contributed by atoms with Gasteiger partial charge >= 0.3 is 6.18 Å². The van der Waals surface area contributed by atoms with Gasteiger partial charge in [0, 0.05) is 26.1 Å². The van der Waals surface area contributed by atoms with E-state index < -0.39 is 32.5 Å². The van der Waals surface area contributed by atoms with Crippen molar-refractivity contribution in [2.75, 3.05) is 19.6 Å². The van der Waals surface area contributed by atoms with Crippen LogP contribution in [-0.2, 0) is 21.0 Å². The Hall–Kier alpha value is -1.68. The number of rotatable bonds is 6. The summed E-state index contributed by atoms with van der Waals surface area (Å²) in [6.45, 7) is 0.835. The molecule has 26 heavy (non-hydrogen) atoms. The lowest BCUT2D eigenvalue weighted by Gasteiger charge is -2.20. The number of nitrogens with zero attached hydrogens (tertiary/aromatic N) is 1. The summed E-state index contributed by atoms with van der Waals surface area (Å²) in [4.78, 5) is 12.4. The lowest BCUT2D eigenvalue weighted by Crippen LogP contribution is -2.34. The predicted molar refractivity (Wildman–Crippen MR) is 86.3 cm³/mol. The van der Waals surface area contributed by atoms with Crippen LogP contribution in [0.1, 0.15) is 37.7 Å². The lowest BCUT2D eigenvalue weighted by molar-refractivity contribution is -0.137. The molecular formula is C16H20F4N2O3S. The average molecular weight is 396 g/mol. The zero-order valence-electron chi connectivity index (χ0n) is 14.0. The Labute approximate surface area is 149 Å². The minimum atomic E-state index is -4.77. The number of carbonyl (C=O) groups is 1. The minimum Gasteiger partial charge on any atom is -0.343 e. The largest absolute Gasteiger partial charge is 0.416 e. The van der Waals surface area contributed by atoms with E-state index in [1.165, 1.54) is 0 Å². The average Bonchev–Trinajstić information content (AvgIpc) is 2.75. The van der Waals surface area contributed by atoms with Crippen LogP contribution >= 0.6 is 0 Å². The Bertz CT molecular complexity index is 750. The third-order valence-electron chi connectivity index (χ3n) is 4.12. The molecule has 0 saturated carbocycles. The van der Waals surface area contributed by atoms with Crippen LogP contribution in [-0.4, -0.2) is 38.9 Å². The molecule has 0 spiro atoms. The third-order valence-corrected chi connectivity index (χ3v) is 5.59. The van der Waals surface area contributed by atoms with Crippen LogP contribution in [0, 0.1) is 5.82 Å². The molecule has 1 N–H and O–H groups in total. The van der Waals surface area contributed by atoms with Crippen LogP contribution in [0.4, 0.5) is 17.6 Å². The maximum Gasteiger partial charge on any atom is 0.416 e. The molecule has 2 rings (SSSR count). The van der Waals surface area contributed by atoms with Crippen LogP contribution < -0.4 is 4.72 Å². The molecule has 1 aliphatic heterocycles. The smallest absolute Gasteiger partial charge is 0.343 e. The molecule has 1 aromatic rings. The van der Waals surface area contributed by atoms with Crippen LogP contribution in [0.5, 0.6) is 0 Å². The number of carbonyl (C=O) groups excluding carboxylic acids is 1. The highest BCUT2D eigenvalue weighted by Gasteiger charge is 2.33. The minimum absolute atomic E-state index is 0.00859. The number of hydrogen-bond donors (Lipinski definition) is 1. The van der Waals surface area contributed by atoms with E-state index in [4.69, 9.17) is 0 Å². The van der Waals surface area contributed by atoms with Gasteiger partial charge < -0.3 is 4.90 Å². The van der Waals surface area contributed by atoms with E-state index in [9.17, 15) is 30.8 Å². The molecule has 0 bridgehead atoms. The van der Waals surface area contributed by atoms with Gasteiger partial charge in [0.15, 0.2) is 0 Å². The molecule has 1 heterocycles. The Morgan fingerprint density at radius 3 is 2.58 bits per heavy atom. The van der Waals surface area contributed by atoms with E-state index in [-0.39, 0.29) is 24.9 Å². The van der Waals surface area contributed by atoms with Crippen molar-refractivity contribution in [3.8, 4) is 0 Å². The Kier molecular flexibility index (Phi) is 6.62. The van der Waals surface area contributed by atoms with E-state index >= 15 is 0 Å². The molecule has 146 valence electrons. The maximum absolute atomic E-state index is 13.7. The first-order valence-electron chi connectivity index (χ1n) is 8.25. The monoisotopic (exact) mass is 396 g/mol. The lowest BCUT2D eigenvalue weighted by atomic mass is 10.2. The third kappa shape index (κ3) is 5.41. The summed E-state index contributed by atoms with van der Waals surface area (Å²) in [5, 5.41) is 0. The van der Waals surface area contributed by atoms with Gasteiger partial charge in [-0.25, -0.2) is 17.5 Å². The number of likely N-dealkylation sites (tertiary alicyclic amines) is 1. The Morgan fingerprint density at radius 1 is 1.15 bits per heavy atom. The van der Waals surface area contributed by atoms with Crippen molar-refractivity contribution in [1.82, 2.24) is 9.62 Å². The van der Waals surface area contributed by atoms with Crippen LogP contribution in [0.2, 0.25) is 0 Å². The predicted octanol–water partition coefficient (Wildman–Crippen LogP) is 2.92. The van der Waals surface area contributed by atoms with Crippen molar-refractivity contribution in [2.45, 2.75) is 43.2 Å². The van der Waals surface area contributed by atoms with Gasteiger partial charge in [0.25, 0.3) is 0 Å². The zero-order valence-corrected chi connectivity index (χ0v) is 14.8. The van der Waals surface area contributed by atoms with Crippen molar-refractivity contribution in [2.24, 2.45) is 0 Å². The van der Waals surface area contributed by atoms with Gasteiger partial charge in [0.05, 0.1) is 5.56 Å². The van der Waals surface area contributed by atoms with E-state index in [0.717, 1.165) is 19.3 Å². The first kappa shape index (κ1) is 20.6. The number of alkyl halides is 3. The Morgan fingerprint density at radius 2 is 1.88 bits per heavy atom. The van der Waals surface area contributed by atoms with Crippen molar-refractivity contribution in [3.05, 3.63) is 29.6 Å². The van der Waals surface area contributed by atoms with Gasteiger partial charge in [-0.15, -0.1) is 0 Å². The molecule has 1 aromatic carbocycles. The summed E-state index contributed by atoms with van der Waals surface area (Å²) in [5.74, 6) is -1.25. The fourth-order valence-corrected chi connectivity index (χ4v) is 3.89. The second-order valence-corrected chi connectivity index (χ2v) is 7.82. The quantitative estimate of drug-likeness (QED) is 0.594. The van der Waals surface area contributed by atoms with Crippen LogP contribution in [0.25, 0.3) is 0 Å². The van der Waals surface area contributed by atoms with Gasteiger partial charge in [0.1, 0.15) is 10.7 Å². The first-order chi connectivity index (χ1) is 12.1. The standard InChI is InChI=1S/C16H20F4N2O3S/c17-13-7-6-12(16(18,19)20)11-14(13)26(24,25)21-8-4-10-22-9-3-1-2-5-15(22)23/h6-7,11,21H,1-5,8-10H2. The summed E-state index contributed by atoms with van der Waals surface area (Å²) in [6, 6.07) is 1.24. The van der Waals surface area contributed by atoms with E-state index in [0.29, 0.717) is 31.6 Å². The van der Waals surface area contributed by atoms with Crippen LogP contribution in [0.15, 0.2) is 23.1 Å². The van der Waals surface area contributed by atoms with Crippen molar-refractivity contribution in [1.29, 1.82) is 0 Å². The molecule has 1 amide bonds. The molecule has 1 aliphatic rings. The highest BCUT2D eigenvalue weighted by molar-refractivity contribution is 7.89. The summed E-state index contributed by atoms with van der Waals surface area (Å²) >= 11 is 0. The summed E-state index contributed by atoms with van der Waals surface area (Å²) < 4.78 is 78.1. The summed E-state index contributed by atoms with van der Waals surface area (Å²) in [5.41, 5.74) is -1.24. The highest BCUT2D eigenvalue weighted by atomic mass is 32.2. The van der Waals surface area contributed by atoms with Crippen molar-refractivity contribution >= 4 is 15.9 Å². The number of nitrogens with one attached hydrogen (secondary N) is 1. The van der Waals surface area contributed by atoms with Gasteiger partial charge in [-0.3, -0.25) is 4.79 Å². The molecule has 0 aromatic heterocycles. The fourth-order valence-electron chi connectivity index (χ4n) is 2.71. The Balaban J connectivity index is 1.97. The number of amides is 1. The SMILES string of the molecule is O=C1CCCCCN1CCCNS(=O)(=O)c1cc(C(F)(F)F)ccc1F. The van der Waals surface area contributed by atoms with Crippen molar-refractivity contribution in [3.63, 3.8) is 0 Å². The van der Waals surface area contributed by atoms with Crippen molar-refractivity contribution < 1.29 is 30.8 Å². The number of halogens is 4. The topological polar surface area (TPSA) is 66.5 Å². The number of sulfonamides is 1. The fraction of sp³-hybridized carbons (Fsp3) is 0.562. The first-order valence-corrected chi connectivity index (χ1v) is 9.74. The molecule has 0 atom stereocenters. The van der Waals surface area contributed by atoms with E-state index in [1.54, 1.807) is 4.90 Å². The highest BCUT2D eigenvalue weighted by Crippen LogP contribution is 2.31. The number of hydrogen-bond acceptors (Lipinski definition) is 3. The molecule has 0 unspecified atom stereocenters. The molecule has 1 fully saturated rings. The number of benzene rings is 1. The van der Waals surface area contributed by atoms with Crippen LogP contribution in [0.3, 0.4) is 0 Å². The van der Waals surface area contributed by atoms with Gasteiger partial charge in [0.2, 0.25) is 15.9 Å². The second kappa shape index (κ2) is 8.34. The molecule has 0 aliphatic carbocycles. The van der Waals surface area contributed by atoms with E-state index in [1.807, 2.05) is 0 Å². The summed E-state index contributed by atoms with van der Waals surface area (Å²) in [6.07, 6.45) is -1.36.